The fraction of sp³-hybridized carbons (Fsp3) is 0.727. The van der Waals surface area contributed by atoms with Crippen molar-refractivity contribution in [3.05, 3.63) is 0 Å². The van der Waals surface area contributed by atoms with E-state index in [0.29, 0.717) is 6.42 Å². The summed E-state index contributed by atoms with van der Waals surface area (Å²) < 4.78 is 0. The molecule has 0 aromatic rings. The molecule has 0 saturated heterocycles. The zero-order valence-electron chi connectivity index (χ0n) is 10.4. The molecule has 0 fully saturated rings. The van der Waals surface area contributed by atoms with Gasteiger partial charge in [0.25, 0.3) is 0 Å². The van der Waals surface area contributed by atoms with Crippen molar-refractivity contribution in [2.45, 2.75) is 45.6 Å². The van der Waals surface area contributed by atoms with Crippen LogP contribution in [0, 0.1) is 0 Å². The average Bonchev–Trinajstić information content (AvgIpc) is 2.26. The van der Waals surface area contributed by atoms with Crippen LogP contribution in [0.3, 0.4) is 0 Å². The second kappa shape index (κ2) is 8.78. The molecule has 0 spiro atoms. The first-order valence-corrected chi connectivity index (χ1v) is 5.82. The summed E-state index contributed by atoms with van der Waals surface area (Å²) in [6, 6.07) is -0.723. The van der Waals surface area contributed by atoms with E-state index in [4.69, 9.17) is 7.85 Å². The van der Waals surface area contributed by atoms with Gasteiger partial charge in [0, 0.05) is 6.42 Å². The lowest BCUT2D eigenvalue weighted by atomic mass is 9.96. The summed E-state index contributed by atoms with van der Waals surface area (Å²) in [7, 11) is 4.98. The summed E-state index contributed by atoms with van der Waals surface area (Å²) in [5, 5.41) is 4.86. The Hall–Kier alpha value is -1.33. The van der Waals surface area contributed by atoms with E-state index in [1.54, 1.807) is 0 Å². The molecule has 94 valence electrons. The highest BCUT2D eigenvalue weighted by atomic mass is 16.2. The van der Waals surface area contributed by atoms with Crippen LogP contribution < -0.4 is 10.6 Å². The van der Waals surface area contributed by atoms with Gasteiger partial charge in [-0.15, -0.1) is 0 Å². The molecular formula is C11H19BN2O3. The molecule has 0 aromatic heterocycles. The number of carbonyl (C=O) groups excluding carboxylic acids is 3. The van der Waals surface area contributed by atoms with Crippen LogP contribution in [0.2, 0.25) is 0 Å². The van der Waals surface area contributed by atoms with Gasteiger partial charge in [0.15, 0.2) is 7.85 Å². The molecule has 0 bridgehead atoms. The highest BCUT2D eigenvalue weighted by Crippen LogP contribution is 1.97. The highest BCUT2D eigenvalue weighted by molar-refractivity contribution is 6.59. The van der Waals surface area contributed by atoms with Crippen LogP contribution in [0.1, 0.15) is 39.5 Å². The third-order valence-electron chi connectivity index (χ3n) is 2.26. The maximum absolute atomic E-state index is 11.3. The third kappa shape index (κ3) is 8.48. The van der Waals surface area contributed by atoms with Crippen LogP contribution in [-0.4, -0.2) is 37.9 Å². The fourth-order valence-corrected chi connectivity index (χ4v) is 1.17. The summed E-state index contributed by atoms with van der Waals surface area (Å²) >= 11 is 0. The minimum absolute atomic E-state index is 0.122. The highest BCUT2D eigenvalue weighted by Gasteiger charge is 2.11. The van der Waals surface area contributed by atoms with Crippen molar-refractivity contribution in [3.63, 3.8) is 0 Å². The first-order valence-electron chi connectivity index (χ1n) is 5.82. The van der Waals surface area contributed by atoms with E-state index in [0.717, 1.165) is 19.3 Å². The number of rotatable bonds is 8. The lowest BCUT2D eigenvalue weighted by Crippen LogP contribution is -2.44. The van der Waals surface area contributed by atoms with E-state index in [-0.39, 0.29) is 12.5 Å². The third-order valence-corrected chi connectivity index (χ3v) is 2.26. The molecule has 17 heavy (non-hydrogen) atoms. The molecule has 5 nitrogen and oxygen atoms in total. The summed E-state index contributed by atoms with van der Waals surface area (Å²) in [5.74, 6) is -0.569. The van der Waals surface area contributed by atoms with E-state index in [9.17, 15) is 14.4 Å². The molecule has 0 heterocycles. The van der Waals surface area contributed by atoms with Crippen molar-refractivity contribution in [1.29, 1.82) is 0 Å². The van der Waals surface area contributed by atoms with Crippen molar-refractivity contribution in [2.24, 2.45) is 0 Å². The molecule has 0 aromatic carbocycles. The standard InChI is InChI=1S/C11H19BN2O3/c1-3-4-5-6-9(15)13-7-10(16)14-8(2)11(12)17/h8H,3-7H2,1-2H3,(H,13,15)(H,14,16). The van der Waals surface area contributed by atoms with Crippen LogP contribution in [0.5, 0.6) is 0 Å². The minimum atomic E-state index is -0.723. The lowest BCUT2D eigenvalue weighted by Gasteiger charge is -2.11. The van der Waals surface area contributed by atoms with E-state index in [2.05, 4.69) is 17.6 Å². The van der Waals surface area contributed by atoms with Gasteiger partial charge in [-0.3, -0.25) is 9.59 Å². The van der Waals surface area contributed by atoms with Crippen LogP contribution >= 0.6 is 0 Å². The number of nitrogens with one attached hydrogen (secondary N) is 2. The Morgan fingerprint density at radius 3 is 2.35 bits per heavy atom. The topological polar surface area (TPSA) is 75.3 Å². The Labute approximate surface area is 103 Å². The maximum Gasteiger partial charge on any atom is 0.239 e. The van der Waals surface area contributed by atoms with Gasteiger partial charge in [0.1, 0.15) is 0 Å². The Bertz CT molecular complexity index is 282. The predicted molar refractivity (Wildman–Crippen MR) is 65.5 cm³/mol. The Morgan fingerprint density at radius 2 is 1.82 bits per heavy atom. The van der Waals surface area contributed by atoms with Gasteiger partial charge in [-0.1, -0.05) is 19.8 Å². The van der Waals surface area contributed by atoms with E-state index in [1.165, 1.54) is 6.92 Å². The molecule has 0 rings (SSSR count). The lowest BCUT2D eigenvalue weighted by molar-refractivity contribution is -0.127. The second-order valence-electron chi connectivity index (χ2n) is 3.93. The second-order valence-corrected chi connectivity index (χ2v) is 3.93. The van der Waals surface area contributed by atoms with Gasteiger partial charge in [-0.2, -0.15) is 0 Å². The molecule has 6 heteroatoms. The van der Waals surface area contributed by atoms with Crippen molar-refractivity contribution < 1.29 is 14.4 Å². The molecule has 0 aliphatic rings. The van der Waals surface area contributed by atoms with Gasteiger partial charge >= 0.3 is 0 Å². The van der Waals surface area contributed by atoms with Crippen LogP contribution in [0.4, 0.5) is 0 Å². The average molecular weight is 238 g/mol. The molecule has 2 radical (unpaired) electrons. The van der Waals surface area contributed by atoms with Crippen LogP contribution in [0.15, 0.2) is 0 Å². The van der Waals surface area contributed by atoms with Gasteiger partial charge in [0.05, 0.1) is 18.3 Å². The predicted octanol–water partition coefficient (Wildman–Crippen LogP) is -0.117. The summed E-state index contributed by atoms with van der Waals surface area (Å²) in [6.07, 6.45) is 3.29. The van der Waals surface area contributed by atoms with Crippen molar-refractivity contribution in [3.8, 4) is 0 Å². The van der Waals surface area contributed by atoms with Crippen molar-refractivity contribution in [2.75, 3.05) is 6.54 Å². The maximum atomic E-state index is 11.3. The zero-order chi connectivity index (χ0) is 13.3. The molecule has 2 amide bonds. The van der Waals surface area contributed by atoms with Gasteiger partial charge in [0.2, 0.25) is 11.8 Å². The van der Waals surface area contributed by atoms with E-state index in [1.807, 2.05) is 0 Å². The molecule has 1 atom stereocenters. The van der Waals surface area contributed by atoms with Crippen LogP contribution in [-0.2, 0) is 14.4 Å². The molecule has 0 aliphatic carbocycles. The first-order chi connectivity index (χ1) is 7.97. The largest absolute Gasteiger partial charge is 0.347 e. The van der Waals surface area contributed by atoms with E-state index >= 15 is 0 Å². The minimum Gasteiger partial charge on any atom is -0.347 e. The number of hydrogen-bond acceptors (Lipinski definition) is 3. The number of unbranched alkanes of at least 4 members (excludes halogenated alkanes) is 2. The molecule has 1 unspecified atom stereocenters. The van der Waals surface area contributed by atoms with Crippen molar-refractivity contribution in [1.82, 2.24) is 10.6 Å². The molecule has 0 aliphatic heterocycles. The Morgan fingerprint density at radius 1 is 1.18 bits per heavy atom. The normalized spacial score (nSPS) is 11.6. The van der Waals surface area contributed by atoms with Gasteiger partial charge < -0.3 is 15.4 Å². The SMILES string of the molecule is [B]C(=O)C(C)NC(=O)CNC(=O)CCCCC. The Kier molecular flexibility index (Phi) is 8.10. The zero-order valence-corrected chi connectivity index (χ0v) is 10.4. The summed E-state index contributed by atoms with van der Waals surface area (Å²) in [5.41, 5.74) is -0.604. The van der Waals surface area contributed by atoms with Gasteiger partial charge in [-0.25, -0.2) is 0 Å². The summed E-state index contributed by atoms with van der Waals surface area (Å²) in [6.45, 7) is 3.42. The molecule has 2 N–H and O–H groups in total. The van der Waals surface area contributed by atoms with Gasteiger partial charge in [-0.05, 0) is 13.3 Å². The first kappa shape index (κ1) is 15.7. The number of hydrogen-bond donors (Lipinski definition) is 2. The molecule has 0 saturated carbocycles. The van der Waals surface area contributed by atoms with E-state index < -0.39 is 17.6 Å². The smallest absolute Gasteiger partial charge is 0.239 e. The number of amides is 2. The monoisotopic (exact) mass is 238 g/mol. The summed E-state index contributed by atoms with van der Waals surface area (Å²) in [4.78, 5) is 33.2. The van der Waals surface area contributed by atoms with Crippen LogP contribution in [0.25, 0.3) is 0 Å². The van der Waals surface area contributed by atoms with Crippen molar-refractivity contribution >= 4 is 25.3 Å². The fourth-order valence-electron chi connectivity index (χ4n) is 1.17. The number of carbonyl (C=O) groups is 3. The Balaban J connectivity index is 3.69. The quantitative estimate of drug-likeness (QED) is 0.457. The molecular weight excluding hydrogens is 219 g/mol.